The minimum Gasteiger partial charge on any atom is -0.488 e. The van der Waals surface area contributed by atoms with Crippen molar-refractivity contribution >= 4 is 17.5 Å². The van der Waals surface area contributed by atoms with Crippen LogP contribution in [0.25, 0.3) is 0 Å². The largest absolute Gasteiger partial charge is 0.488 e. The van der Waals surface area contributed by atoms with E-state index in [1.54, 1.807) is 37.1 Å². The van der Waals surface area contributed by atoms with Gasteiger partial charge in [-0.3, -0.25) is 9.59 Å². The maximum Gasteiger partial charge on any atom is 0.422 e. The average Bonchev–Trinajstić information content (AvgIpc) is 3.28. The molecule has 36 heavy (non-hydrogen) atoms. The second-order valence-corrected chi connectivity index (χ2v) is 8.64. The molecule has 196 valence electrons. The van der Waals surface area contributed by atoms with Crippen LogP contribution < -0.4 is 25.0 Å². The molecule has 7 nitrogen and oxygen atoms in total. The molecule has 0 aliphatic carbocycles. The van der Waals surface area contributed by atoms with Gasteiger partial charge in [-0.25, -0.2) is 0 Å². The van der Waals surface area contributed by atoms with E-state index < -0.39 is 12.8 Å². The van der Waals surface area contributed by atoms with Crippen LogP contribution in [0.3, 0.4) is 0 Å². The molecule has 0 radical (unpaired) electrons. The summed E-state index contributed by atoms with van der Waals surface area (Å²) in [5.41, 5.74) is 3.16. The van der Waals surface area contributed by atoms with E-state index in [2.05, 4.69) is 10.6 Å². The summed E-state index contributed by atoms with van der Waals surface area (Å²) in [6.07, 6.45) is -2.71. The van der Waals surface area contributed by atoms with Gasteiger partial charge in [-0.2, -0.15) is 13.2 Å². The van der Waals surface area contributed by atoms with E-state index in [0.29, 0.717) is 43.6 Å². The quantitative estimate of drug-likeness (QED) is 0.452. The van der Waals surface area contributed by atoms with Gasteiger partial charge in [0.15, 0.2) is 18.1 Å². The fourth-order valence-electron chi connectivity index (χ4n) is 4.22. The predicted molar refractivity (Wildman–Crippen MR) is 131 cm³/mol. The number of nitrogens with one attached hydrogen (secondary N) is 2. The summed E-state index contributed by atoms with van der Waals surface area (Å²) in [6, 6.07) is 10.2. The monoisotopic (exact) mass is 507 g/mol. The molecular formula is C26H32F3N3O4. The molecule has 2 N–H and O–H groups in total. The molecule has 1 aliphatic heterocycles. The van der Waals surface area contributed by atoms with E-state index >= 15 is 0 Å². The highest BCUT2D eigenvalue weighted by atomic mass is 19.4. The van der Waals surface area contributed by atoms with E-state index in [9.17, 15) is 22.8 Å². The summed E-state index contributed by atoms with van der Waals surface area (Å²) in [6.45, 7) is 3.68. The average molecular weight is 508 g/mol. The number of alkyl halides is 3. The van der Waals surface area contributed by atoms with Gasteiger partial charge in [-0.15, -0.1) is 0 Å². The van der Waals surface area contributed by atoms with Gasteiger partial charge >= 0.3 is 6.18 Å². The van der Waals surface area contributed by atoms with E-state index in [4.69, 9.17) is 9.47 Å². The van der Waals surface area contributed by atoms with E-state index in [1.165, 1.54) is 6.07 Å². The number of halogens is 3. The number of fused-ring (bicyclic) bond motifs is 1. The fraction of sp³-hybridized carbons (Fsp3) is 0.462. The van der Waals surface area contributed by atoms with Crippen LogP contribution in [-0.2, 0) is 17.6 Å². The molecule has 0 bridgehead atoms. The van der Waals surface area contributed by atoms with Gasteiger partial charge < -0.3 is 25.0 Å². The molecule has 2 aromatic carbocycles. The number of hydrogen-bond acceptors (Lipinski definition) is 5. The number of hydrogen-bond donors (Lipinski definition) is 2. The van der Waals surface area contributed by atoms with Crippen molar-refractivity contribution in [1.82, 2.24) is 10.6 Å². The molecule has 0 aromatic heterocycles. The standard InChI is InChI=1S/C26H32F3N3O4/c1-4-23(33)32-11-9-19-14-18(15-20(24(19)32)25(34)30-3)13-17(2)31-10-12-35-21-7-5-6-8-22(21)36-16-26(27,28)29/h5-8,14-15,17,31H,4,9-13,16H2,1-3H3,(H,30,34)/t17-/m1/s1. The highest BCUT2D eigenvalue weighted by molar-refractivity contribution is 6.06. The van der Waals surface area contributed by atoms with Crippen LogP contribution >= 0.6 is 0 Å². The maximum absolute atomic E-state index is 12.6. The Morgan fingerprint density at radius 1 is 1.14 bits per heavy atom. The van der Waals surface area contributed by atoms with Crippen LogP contribution in [0.15, 0.2) is 36.4 Å². The first-order chi connectivity index (χ1) is 17.1. The number of nitrogens with zero attached hydrogens (tertiary/aromatic N) is 1. The van der Waals surface area contributed by atoms with Crippen molar-refractivity contribution < 1.29 is 32.2 Å². The molecule has 0 unspecified atom stereocenters. The maximum atomic E-state index is 12.6. The lowest BCUT2D eigenvalue weighted by Gasteiger charge is -2.21. The van der Waals surface area contributed by atoms with Gasteiger partial charge in [0.25, 0.3) is 5.91 Å². The second kappa shape index (κ2) is 12.1. The predicted octanol–water partition coefficient (Wildman–Crippen LogP) is 3.89. The SMILES string of the molecule is CCC(=O)N1CCc2cc(C[C@@H](C)NCCOc3ccccc3OCC(F)(F)F)cc(C(=O)NC)c21. The summed E-state index contributed by atoms with van der Waals surface area (Å²) in [5, 5.41) is 6.00. The molecule has 1 atom stereocenters. The van der Waals surface area contributed by atoms with E-state index in [-0.39, 0.29) is 36.0 Å². The molecule has 2 aromatic rings. The summed E-state index contributed by atoms with van der Waals surface area (Å²) in [7, 11) is 1.57. The minimum absolute atomic E-state index is 0.00734. The molecule has 0 saturated heterocycles. The third kappa shape index (κ3) is 7.13. The third-order valence-corrected chi connectivity index (χ3v) is 5.83. The van der Waals surface area contributed by atoms with Crippen LogP contribution in [0.5, 0.6) is 11.5 Å². The molecule has 0 saturated carbocycles. The molecule has 0 fully saturated rings. The molecule has 1 heterocycles. The normalized spacial score (nSPS) is 13.8. The van der Waals surface area contributed by atoms with Gasteiger partial charge in [0.05, 0.1) is 11.3 Å². The Morgan fingerprint density at radius 3 is 2.47 bits per heavy atom. The Hall–Kier alpha value is -3.27. The first-order valence-corrected chi connectivity index (χ1v) is 12.0. The molecule has 3 rings (SSSR count). The smallest absolute Gasteiger partial charge is 0.422 e. The molecule has 2 amide bonds. The Morgan fingerprint density at radius 2 is 1.83 bits per heavy atom. The molecule has 1 aliphatic rings. The van der Waals surface area contributed by atoms with Crippen molar-refractivity contribution in [3.8, 4) is 11.5 Å². The van der Waals surface area contributed by atoms with Crippen molar-refractivity contribution in [2.45, 2.75) is 45.3 Å². The Labute approximate surface area is 208 Å². The van der Waals surface area contributed by atoms with Gasteiger partial charge in [0.1, 0.15) is 6.61 Å². The number of ether oxygens (including phenoxy) is 2. The number of amides is 2. The first kappa shape index (κ1) is 27.3. The van der Waals surface area contributed by atoms with Crippen LogP contribution in [0.4, 0.5) is 18.9 Å². The van der Waals surface area contributed by atoms with Crippen LogP contribution in [0.2, 0.25) is 0 Å². The van der Waals surface area contributed by atoms with Crippen molar-refractivity contribution in [1.29, 1.82) is 0 Å². The van der Waals surface area contributed by atoms with Crippen molar-refractivity contribution in [3.63, 3.8) is 0 Å². The Kier molecular flexibility index (Phi) is 9.19. The van der Waals surface area contributed by atoms with Crippen LogP contribution in [0.1, 0.15) is 41.8 Å². The van der Waals surface area contributed by atoms with Crippen LogP contribution in [0, 0.1) is 0 Å². The number of benzene rings is 2. The number of para-hydroxylation sites is 2. The highest BCUT2D eigenvalue weighted by Crippen LogP contribution is 2.34. The third-order valence-electron chi connectivity index (χ3n) is 5.83. The zero-order valence-corrected chi connectivity index (χ0v) is 20.7. The number of rotatable bonds is 11. The Bertz CT molecular complexity index is 1070. The van der Waals surface area contributed by atoms with Gasteiger partial charge in [-0.1, -0.05) is 25.1 Å². The highest BCUT2D eigenvalue weighted by Gasteiger charge is 2.30. The zero-order chi connectivity index (χ0) is 26.3. The lowest BCUT2D eigenvalue weighted by molar-refractivity contribution is -0.153. The number of anilines is 1. The lowest BCUT2D eigenvalue weighted by atomic mass is 9.98. The summed E-state index contributed by atoms with van der Waals surface area (Å²) < 4.78 is 47.9. The zero-order valence-electron chi connectivity index (χ0n) is 20.7. The van der Waals surface area contributed by atoms with Gasteiger partial charge in [0.2, 0.25) is 5.91 Å². The number of carbonyl (C=O) groups excluding carboxylic acids is 2. The molecule has 0 spiro atoms. The topological polar surface area (TPSA) is 79.9 Å². The lowest BCUT2D eigenvalue weighted by Crippen LogP contribution is -2.32. The fourth-order valence-corrected chi connectivity index (χ4v) is 4.22. The van der Waals surface area contributed by atoms with E-state index in [0.717, 1.165) is 11.1 Å². The van der Waals surface area contributed by atoms with Crippen molar-refractivity contribution in [2.75, 3.05) is 38.3 Å². The molecule has 10 heteroatoms. The molecular weight excluding hydrogens is 475 g/mol. The summed E-state index contributed by atoms with van der Waals surface area (Å²) in [4.78, 5) is 26.6. The second-order valence-electron chi connectivity index (χ2n) is 8.64. The Balaban J connectivity index is 1.58. The van der Waals surface area contributed by atoms with Crippen molar-refractivity contribution in [2.24, 2.45) is 0 Å². The first-order valence-electron chi connectivity index (χ1n) is 12.0. The van der Waals surface area contributed by atoms with Gasteiger partial charge in [0, 0.05) is 32.6 Å². The van der Waals surface area contributed by atoms with Crippen LogP contribution in [-0.4, -0.2) is 57.4 Å². The van der Waals surface area contributed by atoms with E-state index in [1.807, 2.05) is 19.1 Å². The minimum atomic E-state index is -4.43. The summed E-state index contributed by atoms with van der Waals surface area (Å²) >= 11 is 0. The number of carbonyl (C=O) groups is 2. The van der Waals surface area contributed by atoms with Gasteiger partial charge in [-0.05, 0) is 49.1 Å². The van der Waals surface area contributed by atoms with Crippen molar-refractivity contribution in [3.05, 3.63) is 53.1 Å². The summed E-state index contributed by atoms with van der Waals surface area (Å²) in [5.74, 6) is 0.0472.